The van der Waals surface area contributed by atoms with Gasteiger partial charge in [0, 0.05) is 6.42 Å². The highest BCUT2D eigenvalue weighted by atomic mass is 31.2. The lowest BCUT2D eigenvalue weighted by Gasteiger charge is -2.28. The van der Waals surface area contributed by atoms with Crippen LogP contribution in [0.25, 0.3) is 0 Å². The highest BCUT2D eigenvalue weighted by Gasteiger charge is 2.26. The third kappa shape index (κ3) is 8.06. The molecule has 0 atom stereocenters. The summed E-state index contributed by atoms with van der Waals surface area (Å²) < 4.78 is 0. The first-order valence-corrected chi connectivity index (χ1v) is 8.88. The van der Waals surface area contributed by atoms with Crippen LogP contribution in [0.1, 0.15) is 64.7 Å². The van der Waals surface area contributed by atoms with E-state index in [4.69, 9.17) is 20.4 Å². The second-order valence-electron chi connectivity index (χ2n) is 7.77. The van der Waals surface area contributed by atoms with E-state index in [1.54, 1.807) is 0 Å². The molecular weight excluding hydrogens is 329 g/mol. The number of carbonyl (C=O) groups is 1. The SMILES string of the molecule is CC(C)(C)c1cc(CCC(N)=O)cc(C(C)(C)C)c1O.OP(O)O. The largest absolute Gasteiger partial charge is 0.507 e. The second kappa shape index (κ2) is 8.77. The van der Waals surface area contributed by atoms with Gasteiger partial charge in [-0.1, -0.05) is 53.7 Å². The minimum Gasteiger partial charge on any atom is -0.507 e. The maximum atomic E-state index is 11.0. The van der Waals surface area contributed by atoms with E-state index < -0.39 is 8.60 Å². The molecule has 0 aliphatic heterocycles. The maximum Gasteiger partial charge on any atom is 0.324 e. The Hall–Kier alpha value is -1.20. The first kappa shape index (κ1) is 22.8. The lowest BCUT2D eigenvalue weighted by Crippen LogP contribution is -2.18. The quantitative estimate of drug-likeness (QED) is 0.531. The smallest absolute Gasteiger partial charge is 0.324 e. The second-order valence-corrected chi connectivity index (χ2v) is 8.31. The minimum atomic E-state index is -2.62. The third-order valence-corrected chi connectivity index (χ3v) is 3.45. The number of carbonyl (C=O) groups excluding carboxylic acids is 1. The molecule has 0 unspecified atom stereocenters. The predicted octanol–water partition coefficient (Wildman–Crippen LogP) is 2.60. The Morgan fingerprint density at radius 1 is 1.00 bits per heavy atom. The zero-order valence-electron chi connectivity index (χ0n) is 15.3. The van der Waals surface area contributed by atoms with Crippen molar-refractivity contribution in [1.82, 2.24) is 0 Å². The minimum absolute atomic E-state index is 0.146. The maximum absolute atomic E-state index is 11.0. The molecular formula is C17H30NO5P. The Morgan fingerprint density at radius 3 is 1.58 bits per heavy atom. The molecule has 6 nitrogen and oxygen atoms in total. The summed E-state index contributed by atoms with van der Waals surface area (Å²) in [5, 5.41) is 10.6. The van der Waals surface area contributed by atoms with E-state index in [1.807, 2.05) is 12.1 Å². The molecule has 0 aliphatic rings. The van der Waals surface area contributed by atoms with E-state index in [1.165, 1.54) is 0 Å². The van der Waals surface area contributed by atoms with Crippen molar-refractivity contribution in [2.45, 2.75) is 65.2 Å². The van der Waals surface area contributed by atoms with Crippen LogP contribution in [-0.2, 0) is 22.0 Å². The fraction of sp³-hybridized carbons (Fsp3) is 0.588. The summed E-state index contributed by atoms with van der Waals surface area (Å²) in [5.74, 6) is 0.0699. The number of phenolic OH excluding ortho intramolecular Hbond substituents is 1. The van der Waals surface area contributed by atoms with Crippen LogP contribution < -0.4 is 5.73 Å². The standard InChI is InChI=1S/C17H27NO2.H3O3P/c1-16(2,3)12-9-11(7-8-14(18)19)10-13(15(12)20)17(4,5)6;1-4(2)3/h9-10,20H,7-8H2,1-6H3,(H2,18,19);1-3H. The molecule has 7 heteroatoms. The molecule has 0 aromatic heterocycles. The van der Waals surface area contributed by atoms with Crippen LogP contribution in [0.2, 0.25) is 0 Å². The molecule has 24 heavy (non-hydrogen) atoms. The van der Waals surface area contributed by atoms with Gasteiger partial charge in [0.15, 0.2) is 0 Å². The lowest BCUT2D eigenvalue weighted by atomic mass is 9.78. The van der Waals surface area contributed by atoms with Gasteiger partial charge in [-0.25, -0.2) is 0 Å². The molecule has 1 aromatic rings. The average Bonchev–Trinajstić information content (AvgIpc) is 2.33. The average molecular weight is 359 g/mol. The molecule has 0 saturated carbocycles. The van der Waals surface area contributed by atoms with Crippen LogP contribution in [0.4, 0.5) is 0 Å². The van der Waals surface area contributed by atoms with Gasteiger partial charge in [-0.2, -0.15) is 0 Å². The summed E-state index contributed by atoms with van der Waals surface area (Å²) >= 11 is 0. The van der Waals surface area contributed by atoms with E-state index in [2.05, 4.69) is 41.5 Å². The Bertz CT molecular complexity index is 521. The van der Waals surface area contributed by atoms with Crippen LogP contribution in [0.3, 0.4) is 0 Å². The van der Waals surface area contributed by atoms with Crippen LogP contribution >= 0.6 is 8.60 Å². The third-order valence-electron chi connectivity index (χ3n) is 3.45. The number of hydrogen-bond acceptors (Lipinski definition) is 5. The predicted molar refractivity (Wildman–Crippen MR) is 96.6 cm³/mol. The van der Waals surface area contributed by atoms with E-state index in [-0.39, 0.29) is 16.7 Å². The summed E-state index contributed by atoms with van der Waals surface area (Å²) in [6.45, 7) is 12.5. The molecule has 0 radical (unpaired) electrons. The molecule has 6 N–H and O–H groups in total. The lowest BCUT2D eigenvalue weighted by molar-refractivity contribution is -0.117. The van der Waals surface area contributed by atoms with Crippen molar-refractivity contribution >= 4 is 14.5 Å². The summed E-state index contributed by atoms with van der Waals surface area (Å²) in [6, 6.07) is 3.99. The molecule has 0 spiro atoms. The Labute approximate surface area is 145 Å². The number of hydrogen-bond donors (Lipinski definition) is 5. The zero-order valence-corrected chi connectivity index (χ0v) is 16.2. The van der Waals surface area contributed by atoms with E-state index in [9.17, 15) is 9.90 Å². The van der Waals surface area contributed by atoms with Gasteiger partial charge in [0.25, 0.3) is 0 Å². The molecule has 1 amide bonds. The number of aryl methyl sites for hydroxylation is 1. The van der Waals surface area contributed by atoms with Gasteiger partial charge < -0.3 is 25.5 Å². The molecule has 0 bridgehead atoms. The van der Waals surface area contributed by atoms with E-state index >= 15 is 0 Å². The number of primary amides is 1. The van der Waals surface area contributed by atoms with Gasteiger partial charge in [-0.3, -0.25) is 4.79 Å². The summed E-state index contributed by atoms with van der Waals surface area (Å²) in [6.07, 6.45) is 0.944. The van der Waals surface area contributed by atoms with Crippen molar-refractivity contribution in [1.29, 1.82) is 0 Å². The van der Waals surface area contributed by atoms with Gasteiger partial charge >= 0.3 is 8.60 Å². The van der Waals surface area contributed by atoms with Crippen LogP contribution in [0.15, 0.2) is 12.1 Å². The van der Waals surface area contributed by atoms with Crippen LogP contribution in [0.5, 0.6) is 5.75 Å². The fourth-order valence-electron chi connectivity index (χ4n) is 2.25. The molecule has 0 saturated heterocycles. The van der Waals surface area contributed by atoms with Crippen molar-refractivity contribution in [3.05, 3.63) is 28.8 Å². The van der Waals surface area contributed by atoms with Gasteiger partial charge in [-0.05, 0) is 33.9 Å². The highest BCUT2D eigenvalue weighted by molar-refractivity contribution is 7.38. The highest BCUT2D eigenvalue weighted by Crippen LogP contribution is 2.39. The fourth-order valence-corrected chi connectivity index (χ4v) is 2.25. The van der Waals surface area contributed by atoms with Gasteiger partial charge in [0.1, 0.15) is 5.75 Å². The monoisotopic (exact) mass is 359 g/mol. The summed E-state index contributed by atoms with van der Waals surface area (Å²) in [7, 11) is -2.62. The van der Waals surface area contributed by atoms with Crippen molar-refractivity contribution in [3.63, 3.8) is 0 Å². The van der Waals surface area contributed by atoms with E-state index in [0.717, 1.165) is 16.7 Å². The van der Waals surface area contributed by atoms with Crippen molar-refractivity contribution < 1.29 is 24.6 Å². The number of benzene rings is 1. The van der Waals surface area contributed by atoms with Gasteiger partial charge in [0.2, 0.25) is 5.91 Å². The molecule has 0 heterocycles. The normalized spacial score (nSPS) is 11.9. The van der Waals surface area contributed by atoms with E-state index in [0.29, 0.717) is 18.6 Å². The number of nitrogens with two attached hydrogens (primary N) is 1. The molecule has 1 rings (SSSR count). The molecule has 138 valence electrons. The summed E-state index contributed by atoms with van der Waals surface area (Å²) in [4.78, 5) is 32.7. The summed E-state index contributed by atoms with van der Waals surface area (Å²) in [5.41, 5.74) is 7.83. The Kier molecular flexibility index (Phi) is 8.33. The van der Waals surface area contributed by atoms with Gasteiger partial charge in [-0.15, -0.1) is 0 Å². The van der Waals surface area contributed by atoms with Crippen molar-refractivity contribution in [2.24, 2.45) is 5.73 Å². The topological polar surface area (TPSA) is 124 Å². The number of aromatic hydroxyl groups is 1. The molecule has 0 aliphatic carbocycles. The Balaban J connectivity index is 0.00000118. The molecule has 0 fully saturated rings. The number of rotatable bonds is 3. The van der Waals surface area contributed by atoms with Crippen LogP contribution in [-0.4, -0.2) is 25.7 Å². The Morgan fingerprint density at radius 2 is 1.33 bits per heavy atom. The van der Waals surface area contributed by atoms with Crippen molar-refractivity contribution in [2.75, 3.05) is 0 Å². The first-order chi connectivity index (χ1) is 10.7. The zero-order chi connectivity index (χ0) is 19.3. The molecule has 1 aromatic carbocycles. The number of phenols is 1. The van der Waals surface area contributed by atoms with Gasteiger partial charge in [0.05, 0.1) is 0 Å². The van der Waals surface area contributed by atoms with Crippen LogP contribution in [0, 0.1) is 0 Å². The first-order valence-electron chi connectivity index (χ1n) is 7.68. The van der Waals surface area contributed by atoms with Crippen molar-refractivity contribution in [3.8, 4) is 5.75 Å². The number of amides is 1.